The van der Waals surface area contributed by atoms with Crippen molar-refractivity contribution in [3.05, 3.63) is 41.3 Å². The van der Waals surface area contributed by atoms with Gasteiger partial charge < -0.3 is 5.32 Å². The van der Waals surface area contributed by atoms with Gasteiger partial charge in [-0.15, -0.1) is 0 Å². The standard InChI is InChI=1S/C11H9ClFN3S/c1-14-11-15-6-9(13)10(16-11)17-8-4-2-7(12)3-5-8/h2-6H,1H3,(H,14,15,16). The first-order valence-corrected chi connectivity index (χ1v) is 6.02. The second kappa shape index (κ2) is 5.33. The Labute approximate surface area is 107 Å². The van der Waals surface area contributed by atoms with Crippen LogP contribution in [0.4, 0.5) is 10.3 Å². The zero-order valence-electron chi connectivity index (χ0n) is 8.95. The molecular weight excluding hydrogens is 261 g/mol. The van der Waals surface area contributed by atoms with Crippen LogP contribution in [0.2, 0.25) is 5.02 Å². The van der Waals surface area contributed by atoms with Crippen molar-refractivity contribution in [3.8, 4) is 0 Å². The van der Waals surface area contributed by atoms with E-state index in [1.165, 1.54) is 11.8 Å². The quantitative estimate of drug-likeness (QED) is 0.866. The third-order valence-corrected chi connectivity index (χ3v) is 3.20. The van der Waals surface area contributed by atoms with Gasteiger partial charge in [-0.1, -0.05) is 23.4 Å². The van der Waals surface area contributed by atoms with Gasteiger partial charge in [-0.3, -0.25) is 0 Å². The van der Waals surface area contributed by atoms with Crippen LogP contribution in [-0.4, -0.2) is 17.0 Å². The maximum absolute atomic E-state index is 13.5. The van der Waals surface area contributed by atoms with Gasteiger partial charge in [0.05, 0.1) is 6.20 Å². The van der Waals surface area contributed by atoms with E-state index in [1.807, 2.05) is 12.1 Å². The highest BCUT2D eigenvalue weighted by Crippen LogP contribution is 2.29. The lowest BCUT2D eigenvalue weighted by Crippen LogP contribution is -1.98. The van der Waals surface area contributed by atoms with Gasteiger partial charge in [0, 0.05) is 17.0 Å². The van der Waals surface area contributed by atoms with Gasteiger partial charge in [-0.05, 0) is 24.3 Å². The Bertz CT molecular complexity index is 519. The summed E-state index contributed by atoms with van der Waals surface area (Å²) in [5, 5.41) is 3.70. The molecule has 0 fully saturated rings. The average Bonchev–Trinajstić information content (AvgIpc) is 2.35. The highest BCUT2D eigenvalue weighted by atomic mass is 35.5. The molecule has 0 radical (unpaired) electrons. The molecule has 0 amide bonds. The van der Waals surface area contributed by atoms with Gasteiger partial charge in [-0.25, -0.2) is 14.4 Å². The van der Waals surface area contributed by atoms with Crippen molar-refractivity contribution < 1.29 is 4.39 Å². The zero-order valence-corrected chi connectivity index (χ0v) is 10.5. The SMILES string of the molecule is CNc1ncc(F)c(Sc2ccc(Cl)cc2)n1. The first-order chi connectivity index (χ1) is 8.19. The third kappa shape index (κ3) is 3.08. The summed E-state index contributed by atoms with van der Waals surface area (Å²) in [5.41, 5.74) is 0. The summed E-state index contributed by atoms with van der Waals surface area (Å²) in [6.45, 7) is 0. The molecule has 2 aromatic rings. The van der Waals surface area contributed by atoms with Crippen molar-refractivity contribution in [3.63, 3.8) is 0 Å². The van der Waals surface area contributed by atoms with Crippen LogP contribution in [-0.2, 0) is 0 Å². The summed E-state index contributed by atoms with van der Waals surface area (Å²) in [4.78, 5) is 8.69. The van der Waals surface area contributed by atoms with Gasteiger partial charge in [0.1, 0.15) is 5.03 Å². The van der Waals surface area contributed by atoms with Crippen LogP contribution < -0.4 is 5.32 Å². The normalized spacial score (nSPS) is 10.3. The number of nitrogens with one attached hydrogen (secondary N) is 1. The van der Waals surface area contributed by atoms with Crippen LogP contribution in [0.5, 0.6) is 0 Å². The minimum atomic E-state index is -0.441. The van der Waals surface area contributed by atoms with Crippen LogP contribution in [0, 0.1) is 5.82 Å². The molecule has 0 aliphatic rings. The predicted octanol–water partition coefficient (Wildman–Crippen LogP) is 3.46. The number of anilines is 1. The molecule has 0 aliphatic heterocycles. The van der Waals surface area contributed by atoms with Crippen LogP contribution >= 0.6 is 23.4 Å². The number of nitrogens with zero attached hydrogens (tertiary/aromatic N) is 2. The van der Waals surface area contributed by atoms with Gasteiger partial charge in [0.25, 0.3) is 0 Å². The molecule has 0 bridgehead atoms. The number of benzene rings is 1. The molecular formula is C11H9ClFN3S. The molecule has 3 nitrogen and oxygen atoms in total. The van der Waals surface area contributed by atoms with Crippen LogP contribution in [0.3, 0.4) is 0 Å². The molecule has 0 saturated carbocycles. The van der Waals surface area contributed by atoms with E-state index in [-0.39, 0.29) is 5.03 Å². The molecule has 0 spiro atoms. The minimum absolute atomic E-state index is 0.284. The second-order valence-corrected chi connectivity index (χ2v) is 4.65. The number of hydrogen-bond acceptors (Lipinski definition) is 4. The van der Waals surface area contributed by atoms with E-state index in [2.05, 4.69) is 15.3 Å². The molecule has 2 rings (SSSR count). The fourth-order valence-corrected chi connectivity index (χ4v) is 2.06. The summed E-state index contributed by atoms with van der Waals surface area (Å²) in [7, 11) is 1.68. The number of halogens is 2. The van der Waals surface area contributed by atoms with Gasteiger partial charge in [0.2, 0.25) is 5.95 Å². The second-order valence-electron chi connectivity index (χ2n) is 3.15. The predicted molar refractivity (Wildman–Crippen MR) is 67.1 cm³/mol. The van der Waals surface area contributed by atoms with E-state index in [0.717, 1.165) is 11.1 Å². The summed E-state index contributed by atoms with van der Waals surface area (Å²) >= 11 is 7.00. The van der Waals surface area contributed by atoms with Gasteiger partial charge in [-0.2, -0.15) is 0 Å². The van der Waals surface area contributed by atoms with Crippen molar-refractivity contribution in [1.29, 1.82) is 0 Å². The van der Waals surface area contributed by atoms with Crippen molar-refractivity contribution in [2.75, 3.05) is 12.4 Å². The van der Waals surface area contributed by atoms with Crippen molar-refractivity contribution in [2.24, 2.45) is 0 Å². The highest BCUT2D eigenvalue weighted by molar-refractivity contribution is 7.99. The van der Waals surface area contributed by atoms with E-state index in [9.17, 15) is 4.39 Å². The van der Waals surface area contributed by atoms with Gasteiger partial charge >= 0.3 is 0 Å². The largest absolute Gasteiger partial charge is 0.357 e. The molecule has 1 N–H and O–H groups in total. The molecule has 0 saturated heterocycles. The lowest BCUT2D eigenvalue weighted by atomic mass is 10.4. The van der Waals surface area contributed by atoms with Crippen LogP contribution in [0.1, 0.15) is 0 Å². The topological polar surface area (TPSA) is 37.8 Å². The van der Waals surface area contributed by atoms with Crippen LogP contribution in [0.25, 0.3) is 0 Å². The average molecular weight is 270 g/mol. The maximum atomic E-state index is 13.5. The number of aromatic nitrogens is 2. The Morgan fingerprint density at radius 1 is 1.29 bits per heavy atom. The Morgan fingerprint density at radius 3 is 2.65 bits per heavy atom. The minimum Gasteiger partial charge on any atom is -0.357 e. The zero-order chi connectivity index (χ0) is 12.3. The van der Waals surface area contributed by atoms with Gasteiger partial charge in [0.15, 0.2) is 5.82 Å². The fraction of sp³-hybridized carbons (Fsp3) is 0.0909. The summed E-state index contributed by atoms with van der Waals surface area (Å²) in [6, 6.07) is 7.13. The fourth-order valence-electron chi connectivity index (χ4n) is 1.16. The highest BCUT2D eigenvalue weighted by Gasteiger charge is 2.08. The van der Waals surface area contributed by atoms with Crippen molar-refractivity contribution >= 4 is 29.3 Å². The number of hydrogen-bond donors (Lipinski definition) is 1. The molecule has 6 heteroatoms. The molecule has 1 aromatic carbocycles. The third-order valence-electron chi connectivity index (χ3n) is 1.96. The molecule has 0 aliphatic carbocycles. The Morgan fingerprint density at radius 2 is 2.00 bits per heavy atom. The smallest absolute Gasteiger partial charge is 0.223 e. The number of rotatable bonds is 3. The first-order valence-electron chi connectivity index (χ1n) is 4.83. The first kappa shape index (κ1) is 12.1. The molecule has 88 valence electrons. The molecule has 1 aromatic heterocycles. The van der Waals surface area contributed by atoms with Crippen molar-refractivity contribution in [2.45, 2.75) is 9.92 Å². The van der Waals surface area contributed by atoms with E-state index >= 15 is 0 Å². The lowest BCUT2D eigenvalue weighted by molar-refractivity contribution is 0.580. The molecule has 17 heavy (non-hydrogen) atoms. The lowest BCUT2D eigenvalue weighted by Gasteiger charge is -2.04. The van der Waals surface area contributed by atoms with E-state index in [4.69, 9.17) is 11.6 Å². The molecule has 1 heterocycles. The Kier molecular flexibility index (Phi) is 3.81. The molecule has 0 unspecified atom stereocenters. The maximum Gasteiger partial charge on any atom is 0.223 e. The Hall–Kier alpha value is -1.33. The summed E-state index contributed by atoms with van der Waals surface area (Å²) < 4.78 is 13.5. The summed E-state index contributed by atoms with van der Waals surface area (Å²) in [6.07, 6.45) is 1.15. The summed E-state index contributed by atoms with van der Waals surface area (Å²) in [5.74, 6) is -0.0492. The molecule has 0 atom stereocenters. The van der Waals surface area contributed by atoms with E-state index in [0.29, 0.717) is 11.0 Å². The van der Waals surface area contributed by atoms with Crippen molar-refractivity contribution in [1.82, 2.24) is 9.97 Å². The van der Waals surface area contributed by atoms with E-state index < -0.39 is 5.82 Å². The van der Waals surface area contributed by atoms with E-state index in [1.54, 1.807) is 19.2 Å². The van der Waals surface area contributed by atoms with Crippen LogP contribution in [0.15, 0.2) is 40.4 Å². The Balaban J connectivity index is 2.25. The monoisotopic (exact) mass is 269 g/mol.